The van der Waals surface area contributed by atoms with Gasteiger partial charge in [-0.25, -0.2) is 0 Å². The summed E-state index contributed by atoms with van der Waals surface area (Å²) in [5.74, 6) is 0.990. The lowest BCUT2D eigenvalue weighted by atomic mass is 10.1. The predicted molar refractivity (Wildman–Crippen MR) is 96.6 cm³/mol. The maximum atomic E-state index is 5.94. The molecule has 2 N–H and O–H groups in total. The number of nitrogens with one attached hydrogen (secondary N) is 2. The second-order valence-electron chi connectivity index (χ2n) is 6.18. The fourth-order valence-electron chi connectivity index (χ4n) is 2.65. The lowest BCUT2D eigenvalue weighted by Gasteiger charge is -2.27. The van der Waals surface area contributed by atoms with Crippen LogP contribution in [0.4, 0.5) is 5.69 Å². The molecule has 130 valence electrons. The van der Waals surface area contributed by atoms with E-state index >= 15 is 0 Å². The Morgan fingerprint density at radius 3 is 2.91 bits per heavy atom. The molecule has 0 fully saturated rings. The number of benzene rings is 1. The highest BCUT2D eigenvalue weighted by Crippen LogP contribution is 2.30. The molecule has 1 atom stereocenters. The third-order valence-corrected chi connectivity index (χ3v) is 4.19. The smallest absolute Gasteiger partial charge is 0.142 e. The Balaban J connectivity index is 1.60. The van der Waals surface area contributed by atoms with Crippen LogP contribution >= 0.6 is 0 Å². The van der Waals surface area contributed by atoms with Gasteiger partial charge in [0.1, 0.15) is 11.9 Å². The average Bonchev–Trinajstić information content (AvgIpc) is 2.59. The quantitative estimate of drug-likeness (QED) is 0.611. The molecule has 1 aromatic carbocycles. The molecule has 0 spiro atoms. The van der Waals surface area contributed by atoms with Gasteiger partial charge in [0.05, 0.1) is 12.2 Å². The van der Waals surface area contributed by atoms with Gasteiger partial charge in [-0.05, 0) is 56.5 Å². The van der Waals surface area contributed by atoms with E-state index in [1.165, 1.54) is 18.4 Å². The lowest BCUT2D eigenvalue weighted by Crippen LogP contribution is -2.30. The maximum Gasteiger partial charge on any atom is 0.142 e. The predicted octanol–water partition coefficient (Wildman–Crippen LogP) is 3.61. The summed E-state index contributed by atoms with van der Waals surface area (Å²) in [5, 5.41) is 6.97. The topological polar surface area (TPSA) is 42.5 Å². The normalized spacial score (nSPS) is 16.5. The number of anilines is 1. The van der Waals surface area contributed by atoms with Gasteiger partial charge in [-0.15, -0.1) is 0 Å². The van der Waals surface area contributed by atoms with E-state index in [0.29, 0.717) is 6.10 Å². The van der Waals surface area contributed by atoms with E-state index in [-0.39, 0.29) is 0 Å². The van der Waals surface area contributed by atoms with Crippen LogP contribution < -0.4 is 15.4 Å². The zero-order valence-electron chi connectivity index (χ0n) is 14.7. The number of rotatable bonds is 11. The molecule has 1 aromatic rings. The van der Waals surface area contributed by atoms with Crippen LogP contribution in [0.3, 0.4) is 0 Å². The Bertz CT molecular complexity index is 451. The number of ether oxygens (including phenoxy) is 2. The van der Waals surface area contributed by atoms with Crippen LogP contribution in [-0.2, 0) is 11.2 Å². The van der Waals surface area contributed by atoms with Crippen molar-refractivity contribution >= 4 is 5.69 Å². The number of unbranched alkanes of at least 4 members (excludes halogenated alkanes) is 1. The molecular weight excluding hydrogens is 288 g/mol. The van der Waals surface area contributed by atoms with Gasteiger partial charge in [-0.2, -0.15) is 0 Å². The summed E-state index contributed by atoms with van der Waals surface area (Å²) in [6, 6.07) is 6.49. The minimum absolute atomic E-state index is 0.301. The summed E-state index contributed by atoms with van der Waals surface area (Å²) in [7, 11) is 0. The minimum Gasteiger partial charge on any atom is -0.486 e. The molecule has 4 heteroatoms. The van der Waals surface area contributed by atoms with E-state index < -0.39 is 0 Å². The van der Waals surface area contributed by atoms with E-state index in [0.717, 1.165) is 63.5 Å². The Kier molecular flexibility index (Phi) is 8.26. The van der Waals surface area contributed by atoms with Crippen LogP contribution in [0.1, 0.15) is 45.1 Å². The van der Waals surface area contributed by atoms with E-state index in [9.17, 15) is 0 Å². The monoisotopic (exact) mass is 320 g/mol. The van der Waals surface area contributed by atoms with Gasteiger partial charge in [-0.1, -0.05) is 26.3 Å². The average molecular weight is 320 g/mol. The second kappa shape index (κ2) is 10.5. The summed E-state index contributed by atoms with van der Waals surface area (Å²) in [6.45, 7) is 9.05. The molecule has 1 heterocycles. The highest BCUT2D eigenvalue weighted by Gasteiger charge is 2.17. The van der Waals surface area contributed by atoms with Crippen LogP contribution in [0.5, 0.6) is 5.75 Å². The van der Waals surface area contributed by atoms with Gasteiger partial charge >= 0.3 is 0 Å². The first-order valence-electron chi connectivity index (χ1n) is 9.15. The van der Waals surface area contributed by atoms with Crippen LogP contribution in [-0.4, -0.2) is 39.0 Å². The number of fused-ring (bicyclic) bond motifs is 1. The van der Waals surface area contributed by atoms with Crippen molar-refractivity contribution in [2.24, 2.45) is 0 Å². The van der Waals surface area contributed by atoms with Crippen molar-refractivity contribution in [1.29, 1.82) is 0 Å². The van der Waals surface area contributed by atoms with E-state index in [4.69, 9.17) is 9.47 Å². The molecule has 0 saturated heterocycles. The van der Waals surface area contributed by atoms with Crippen molar-refractivity contribution in [3.8, 4) is 5.75 Å². The standard InChI is InChI=1S/C19H32N2O2/c1-3-5-12-22-13-6-10-20-11-9-16-7-8-19-18(14-16)21-15-17(4-2)23-19/h7-8,14,17,20-21H,3-6,9-13,15H2,1-2H3. The first-order valence-corrected chi connectivity index (χ1v) is 9.15. The Morgan fingerprint density at radius 2 is 2.09 bits per heavy atom. The molecule has 0 amide bonds. The van der Waals surface area contributed by atoms with Crippen molar-refractivity contribution in [3.05, 3.63) is 23.8 Å². The van der Waals surface area contributed by atoms with Crippen LogP contribution in [0.15, 0.2) is 18.2 Å². The summed E-state index contributed by atoms with van der Waals surface area (Å²) < 4.78 is 11.5. The van der Waals surface area contributed by atoms with Crippen molar-refractivity contribution < 1.29 is 9.47 Å². The molecule has 1 aliphatic heterocycles. The molecule has 0 saturated carbocycles. The zero-order valence-corrected chi connectivity index (χ0v) is 14.7. The van der Waals surface area contributed by atoms with Crippen LogP contribution in [0.2, 0.25) is 0 Å². The summed E-state index contributed by atoms with van der Waals surface area (Å²) >= 11 is 0. The molecular formula is C19H32N2O2. The van der Waals surface area contributed by atoms with Gasteiger partial charge in [0.15, 0.2) is 0 Å². The molecule has 1 unspecified atom stereocenters. The van der Waals surface area contributed by atoms with Gasteiger partial charge < -0.3 is 20.1 Å². The van der Waals surface area contributed by atoms with E-state index in [2.05, 4.69) is 42.7 Å². The Labute approximate surface area is 140 Å². The molecule has 0 radical (unpaired) electrons. The van der Waals surface area contributed by atoms with Gasteiger partial charge in [0.2, 0.25) is 0 Å². The largest absolute Gasteiger partial charge is 0.486 e. The fourth-order valence-corrected chi connectivity index (χ4v) is 2.65. The first-order chi connectivity index (χ1) is 11.3. The zero-order chi connectivity index (χ0) is 16.3. The van der Waals surface area contributed by atoms with Crippen LogP contribution in [0, 0.1) is 0 Å². The van der Waals surface area contributed by atoms with Crippen molar-refractivity contribution in [1.82, 2.24) is 5.32 Å². The Morgan fingerprint density at radius 1 is 1.22 bits per heavy atom. The molecule has 0 aliphatic carbocycles. The number of hydrogen-bond acceptors (Lipinski definition) is 4. The maximum absolute atomic E-state index is 5.94. The molecule has 2 rings (SSSR count). The molecule has 23 heavy (non-hydrogen) atoms. The van der Waals surface area contributed by atoms with E-state index in [1.54, 1.807) is 0 Å². The van der Waals surface area contributed by atoms with Gasteiger partial charge in [-0.3, -0.25) is 0 Å². The summed E-state index contributed by atoms with van der Waals surface area (Å²) in [6.07, 6.45) is 5.85. The van der Waals surface area contributed by atoms with Crippen LogP contribution in [0.25, 0.3) is 0 Å². The third-order valence-electron chi connectivity index (χ3n) is 4.19. The highest BCUT2D eigenvalue weighted by atomic mass is 16.5. The molecule has 0 bridgehead atoms. The van der Waals surface area contributed by atoms with Crippen molar-refractivity contribution in [2.45, 2.75) is 52.1 Å². The van der Waals surface area contributed by atoms with Crippen molar-refractivity contribution in [3.63, 3.8) is 0 Å². The fraction of sp³-hybridized carbons (Fsp3) is 0.684. The molecule has 4 nitrogen and oxygen atoms in total. The lowest BCUT2D eigenvalue weighted by molar-refractivity contribution is 0.129. The molecule has 1 aliphatic rings. The van der Waals surface area contributed by atoms with Gasteiger partial charge in [0, 0.05) is 13.2 Å². The van der Waals surface area contributed by atoms with Crippen molar-refractivity contribution in [2.75, 3.05) is 38.2 Å². The van der Waals surface area contributed by atoms with E-state index in [1.807, 2.05) is 0 Å². The van der Waals surface area contributed by atoms with Gasteiger partial charge in [0.25, 0.3) is 0 Å². The first kappa shape index (κ1) is 18.1. The Hall–Kier alpha value is -1.26. The summed E-state index contributed by atoms with van der Waals surface area (Å²) in [5.41, 5.74) is 2.48. The number of hydrogen-bond donors (Lipinski definition) is 2. The molecule has 0 aromatic heterocycles. The second-order valence-corrected chi connectivity index (χ2v) is 6.18. The third kappa shape index (κ3) is 6.40. The highest BCUT2D eigenvalue weighted by molar-refractivity contribution is 5.59. The summed E-state index contributed by atoms with van der Waals surface area (Å²) in [4.78, 5) is 0. The SMILES string of the molecule is CCCCOCCCNCCc1ccc2c(c1)NCC(CC)O2. The minimum atomic E-state index is 0.301.